The van der Waals surface area contributed by atoms with Crippen LogP contribution < -0.4 is 10.6 Å². The molecule has 0 aliphatic rings. The maximum atomic E-state index is 13.6. The van der Waals surface area contributed by atoms with Crippen LogP contribution >= 0.6 is 0 Å². The number of alkyl halides is 3. The molecule has 1 atom stereocenters. The molecule has 0 saturated heterocycles. The summed E-state index contributed by atoms with van der Waals surface area (Å²) >= 11 is 0. The summed E-state index contributed by atoms with van der Waals surface area (Å²) < 4.78 is 76.1. The average Bonchev–Trinajstić information content (AvgIpc) is 2.43. The van der Waals surface area contributed by atoms with Crippen LogP contribution in [0.2, 0.25) is 0 Å². The number of hydrogen-bond donors (Lipinski definition) is 2. The lowest BCUT2D eigenvalue weighted by molar-refractivity contribution is -0.137. The number of hydrogen-bond acceptors (Lipinski definition) is 5. The van der Waals surface area contributed by atoms with E-state index in [-0.39, 0.29) is 23.0 Å². The van der Waals surface area contributed by atoms with Crippen LogP contribution in [-0.2, 0) is 16.0 Å². The summed E-state index contributed by atoms with van der Waals surface area (Å²) in [5.41, 5.74) is -1.96. The van der Waals surface area contributed by atoms with Crippen LogP contribution in [0.1, 0.15) is 33.3 Å². The Labute approximate surface area is 156 Å². The van der Waals surface area contributed by atoms with Crippen molar-refractivity contribution in [2.45, 2.75) is 39.9 Å². The Morgan fingerprint density at radius 2 is 1.74 bits per heavy atom. The Hall–Kier alpha value is -2.28. The molecule has 2 N–H and O–H groups in total. The third-order valence-corrected chi connectivity index (χ3v) is 4.89. The van der Waals surface area contributed by atoms with E-state index in [1.165, 1.54) is 6.07 Å². The van der Waals surface area contributed by atoms with Crippen molar-refractivity contribution in [1.82, 2.24) is 5.32 Å². The van der Waals surface area contributed by atoms with Crippen molar-refractivity contribution < 1.29 is 26.0 Å². The molecule has 1 aromatic rings. The molecule has 5 nitrogen and oxygen atoms in total. The van der Waals surface area contributed by atoms with Gasteiger partial charge < -0.3 is 10.6 Å². The lowest BCUT2D eigenvalue weighted by Gasteiger charge is -2.30. The minimum atomic E-state index is -4.79. The van der Waals surface area contributed by atoms with Crippen LogP contribution in [0.25, 0.3) is 0 Å². The number of nitriles is 1. The largest absolute Gasteiger partial charge is 0.416 e. The second-order valence-corrected chi connectivity index (χ2v) is 9.12. The van der Waals surface area contributed by atoms with Crippen molar-refractivity contribution in [2.24, 2.45) is 5.41 Å². The highest BCUT2D eigenvalue weighted by atomic mass is 32.2. The third-order valence-electron chi connectivity index (χ3n) is 3.85. The second kappa shape index (κ2) is 7.76. The summed E-state index contributed by atoms with van der Waals surface area (Å²) in [4.78, 5) is -0.698. The van der Waals surface area contributed by atoms with E-state index in [9.17, 15) is 31.2 Å². The van der Waals surface area contributed by atoms with Crippen molar-refractivity contribution in [1.29, 1.82) is 5.26 Å². The van der Waals surface area contributed by atoms with Gasteiger partial charge in [-0.1, -0.05) is 20.8 Å². The fourth-order valence-electron chi connectivity index (χ4n) is 1.89. The third kappa shape index (κ3) is 6.43. The second-order valence-electron chi connectivity index (χ2n) is 7.17. The van der Waals surface area contributed by atoms with Gasteiger partial charge >= 0.3 is 6.18 Å². The van der Waals surface area contributed by atoms with Gasteiger partial charge in [0.1, 0.15) is 17.7 Å². The molecular formula is C17H21F4N3O2S. The van der Waals surface area contributed by atoms with Gasteiger partial charge in [-0.2, -0.15) is 18.4 Å². The maximum Gasteiger partial charge on any atom is 0.416 e. The Morgan fingerprint density at radius 1 is 1.19 bits per heavy atom. The van der Waals surface area contributed by atoms with E-state index in [1.54, 1.807) is 6.92 Å². The van der Waals surface area contributed by atoms with Crippen LogP contribution in [0.15, 0.2) is 28.9 Å². The van der Waals surface area contributed by atoms with Gasteiger partial charge in [-0.05, 0) is 30.5 Å². The zero-order chi connectivity index (χ0) is 21.2. The van der Waals surface area contributed by atoms with Gasteiger partial charge in [0, 0.05) is 18.0 Å². The molecule has 0 saturated carbocycles. The van der Waals surface area contributed by atoms with E-state index < -0.39 is 32.3 Å². The molecule has 0 spiro atoms. The van der Waals surface area contributed by atoms with E-state index in [0.29, 0.717) is 12.1 Å². The van der Waals surface area contributed by atoms with E-state index in [4.69, 9.17) is 0 Å². The van der Waals surface area contributed by atoms with Gasteiger partial charge in [0.25, 0.3) is 0 Å². The first-order chi connectivity index (χ1) is 12.1. The summed E-state index contributed by atoms with van der Waals surface area (Å²) in [5, 5.41) is 14.5. The molecule has 1 aromatic carbocycles. The number of halogens is 4. The predicted molar refractivity (Wildman–Crippen MR) is 94.6 cm³/mol. The first-order valence-electron chi connectivity index (χ1n) is 7.81. The maximum absolute atomic E-state index is 13.6. The van der Waals surface area contributed by atoms with Crippen molar-refractivity contribution >= 4 is 15.5 Å². The molecule has 0 aliphatic heterocycles. The Balaban J connectivity index is 3.50. The average molecular weight is 407 g/mol. The number of benzene rings is 1. The molecule has 0 bridgehead atoms. The molecule has 1 rings (SSSR count). The smallest absolute Gasteiger partial charge is 0.367 e. The van der Waals surface area contributed by atoms with Gasteiger partial charge in [-0.25, -0.2) is 12.8 Å². The summed E-state index contributed by atoms with van der Waals surface area (Å²) in [7, 11) is -4.00. The molecule has 0 fully saturated rings. The summed E-state index contributed by atoms with van der Waals surface area (Å²) in [5.74, 6) is -1.48. The predicted octanol–water partition coefficient (Wildman–Crippen LogP) is 4.02. The summed E-state index contributed by atoms with van der Waals surface area (Å²) in [6.45, 7) is 7.25. The molecule has 0 amide bonds. The standard InChI is InChI=1S/C17H21F4N3O2S/c1-10(16(2,3)4)23-15(14(9-22)27(5,25)26)24-13-7-11(17(19,20)21)6-12(18)8-13/h6-8,10,23-24H,1-5H3/b15-14-. The molecule has 0 radical (unpaired) electrons. The van der Waals surface area contributed by atoms with Crippen LogP contribution in [0, 0.1) is 22.6 Å². The normalized spacial score (nSPS) is 14.8. The van der Waals surface area contributed by atoms with E-state index >= 15 is 0 Å². The Bertz CT molecular complexity index is 879. The number of allylic oxidation sites excluding steroid dienone is 1. The van der Waals surface area contributed by atoms with Crippen molar-refractivity contribution in [3.63, 3.8) is 0 Å². The fraction of sp³-hybridized carbons (Fsp3) is 0.471. The van der Waals surface area contributed by atoms with Crippen molar-refractivity contribution in [3.8, 4) is 6.07 Å². The van der Waals surface area contributed by atoms with Gasteiger partial charge in [0.05, 0.1) is 5.56 Å². The van der Waals surface area contributed by atoms with E-state index in [2.05, 4.69) is 10.6 Å². The Kier molecular flexibility index (Phi) is 6.54. The molecule has 1 unspecified atom stereocenters. The van der Waals surface area contributed by atoms with Gasteiger partial charge in [-0.15, -0.1) is 0 Å². The monoisotopic (exact) mass is 407 g/mol. The molecular weight excluding hydrogens is 386 g/mol. The molecule has 0 heterocycles. The van der Waals surface area contributed by atoms with Crippen LogP contribution in [-0.4, -0.2) is 20.7 Å². The number of anilines is 1. The zero-order valence-electron chi connectivity index (χ0n) is 15.5. The summed E-state index contributed by atoms with van der Waals surface area (Å²) in [6.07, 6.45) is -3.99. The van der Waals surface area contributed by atoms with Gasteiger partial charge in [0.15, 0.2) is 14.7 Å². The number of sulfone groups is 1. The highest BCUT2D eigenvalue weighted by Gasteiger charge is 2.32. The molecule has 150 valence electrons. The lowest BCUT2D eigenvalue weighted by atomic mass is 9.88. The number of nitrogens with zero attached hydrogens (tertiary/aromatic N) is 1. The number of nitrogens with one attached hydrogen (secondary N) is 2. The fourth-order valence-corrected chi connectivity index (χ4v) is 2.53. The molecule has 0 aromatic heterocycles. The first kappa shape index (κ1) is 22.8. The van der Waals surface area contributed by atoms with Crippen molar-refractivity contribution in [2.75, 3.05) is 11.6 Å². The summed E-state index contributed by atoms with van der Waals surface area (Å²) in [6, 6.07) is 2.88. The lowest BCUT2D eigenvalue weighted by Crippen LogP contribution is -2.40. The van der Waals surface area contributed by atoms with Crippen LogP contribution in [0.5, 0.6) is 0 Å². The number of rotatable bonds is 5. The quantitative estimate of drug-likeness (QED) is 0.569. The molecule has 10 heteroatoms. The zero-order valence-corrected chi connectivity index (χ0v) is 16.3. The van der Waals surface area contributed by atoms with Crippen LogP contribution in [0.3, 0.4) is 0 Å². The van der Waals surface area contributed by atoms with E-state index in [0.717, 1.165) is 12.3 Å². The highest BCUT2D eigenvalue weighted by Crippen LogP contribution is 2.32. The SMILES string of the molecule is CC(N/C(Nc1cc(F)cc(C(F)(F)F)c1)=C(\C#N)S(C)(=O)=O)C(C)(C)C. The van der Waals surface area contributed by atoms with Gasteiger partial charge in [0.2, 0.25) is 0 Å². The van der Waals surface area contributed by atoms with E-state index in [1.807, 2.05) is 20.8 Å². The van der Waals surface area contributed by atoms with Crippen molar-refractivity contribution in [3.05, 3.63) is 40.3 Å². The van der Waals surface area contributed by atoms with Gasteiger partial charge in [-0.3, -0.25) is 0 Å². The molecule has 0 aliphatic carbocycles. The highest BCUT2D eigenvalue weighted by molar-refractivity contribution is 7.94. The molecule has 27 heavy (non-hydrogen) atoms. The Morgan fingerprint density at radius 3 is 2.15 bits per heavy atom. The topological polar surface area (TPSA) is 82.0 Å². The van der Waals surface area contributed by atoms with Crippen LogP contribution in [0.4, 0.5) is 23.2 Å². The first-order valence-corrected chi connectivity index (χ1v) is 9.70. The minimum Gasteiger partial charge on any atom is -0.367 e. The minimum absolute atomic E-state index is 0.318.